The fourth-order valence-corrected chi connectivity index (χ4v) is 9.00. The van der Waals surface area contributed by atoms with Gasteiger partial charge in [-0.3, -0.25) is 9.59 Å². The van der Waals surface area contributed by atoms with Crippen LogP contribution in [0.1, 0.15) is 95.0 Å². The van der Waals surface area contributed by atoms with Gasteiger partial charge in [-0.1, -0.05) is 36.4 Å². The number of anilines is 2. The average molecular weight is 822 g/mol. The van der Waals surface area contributed by atoms with Gasteiger partial charge in [-0.15, -0.1) is 0 Å². The third-order valence-electron chi connectivity index (χ3n) is 12.2. The van der Waals surface area contributed by atoms with Gasteiger partial charge < -0.3 is 39.7 Å². The molecule has 14 nitrogen and oxygen atoms in total. The summed E-state index contributed by atoms with van der Waals surface area (Å²) in [6, 6.07) is 16.9. The van der Waals surface area contributed by atoms with Crippen molar-refractivity contribution in [1.29, 1.82) is 0 Å². The van der Waals surface area contributed by atoms with E-state index in [4.69, 9.17) is 9.47 Å². The zero-order chi connectivity index (χ0) is 43.0. The summed E-state index contributed by atoms with van der Waals surface area (Å²) in [7, 11) is 1.68. The van der Waals surface area contributed by atoms with Crippen LogP contribution in [0.4, 0.5) is 25.9 Å². The Morgan fingerprint density at radius 2 is 1.42 bits per heavy atom. The largest absolute Gasteiger partial charge is 0.444 e. The van der Waals surface area contributed by atoms with E-state index in [1.807, 2.05) is 101 Å². The molecule has 14 heteroatoms. The maximum Gasteiger partial charge on any atom is 0.410 e. The number of nitrogens with zero attached hydrogens (tertiary/aromatic N) is 5. The minimum Gasteiger partial charge on any atom is -0.444 e. The topological polar surface area (TPSA) is 154 Å². The van der Waals surface area contributed by atoms with E-state index >= 15 is 0 Å². The number of fused-ring (bicyclic) bond motifs is 3. The van der Waals surface area contributed by atoms with Crippen molar-refractivity contribution in [3.63, 3.8) is 0 Å². The molecule has 2 spiro atoms. The molecule has 2 fully saturated rings. The Morgan fingerprint density at radius 1 is 0.800 bits per heavy atom. The smallest absolute Gasteiger partial charge is 0.410 e. The fourth-order valence-electron chi connectivity index (χ4n) is 9.00. The van der Waals surface area contributed by atoms with Gasteiger partial charge in [-0.25, -0.2) is 19.4 Å². The molecular formula is C46H59N7O7. The molecular weight excluding hydrogens is 763 g/mol. The van der Waals surface area contributed by atoms with E-state index in [0.29, 0.717) is 50.5 Å². The Balaban J connectivity index is 1.05. The van der Waals surface area contributed by atoms with Crippen molar-refractivity contribution in [3.05, 3.63) is 88.6 Å². The van der Waals surface area contributed by atoms with E-state index in [1.54, 1.807) is 23.0 Å². The molecule has 3 aromatic rings. The molecule has 4 aliphatic rings. The third kappa shape index (κ3) is 9.37. The molecule has 0 saturated carbocycles. The number of pyridine rings is 1. The molecule has 3 aliphatic heterocycles. The molecule has 0 radical (unpaired) electrons. The Morgan fingerprint density at radius 3 is 2.07 bits per heavy atom. The van der Waals surface area contributed by atoms with Crippen molar-refractivity contribution in [2.24, 2.45) is 5.41 Å². The van der Waals surface area contributed by atoms with Gasteiger partial charge in [-0.05, 0) is 126 Å². The number of hydrogen-bond acceptors (Lipinski definition) is 8. The molecule has 7 rings (SSSR count). The number of rotatable bonds is 7. The third-order valence-corrected chi connectivity index (χ3v) is 12.2. The summed E-state index contributed by atoms with van der Waals surface area (Å²) in [4.78, 5) is 78.5. The fraction of sp³-hybridized carbons (Fsp3) is 0.522. The highest BCUT2D eigenvalue weighted by atomic mass is 16.6. The highest BCUT2D eigenvalue weighted by molar-refractivity contribution is 6.06. The van der Waals surface area contributed by atoms with E-state index < -0.39 is 22.7 Å². The molecule has 2 N–H and O–H groups in total. The molecule has 6 amide bonds. The number of hydrogen-bond donors (Lipinski definition) is 2. The minimum atomic E-state index is -0.731. The van der Waals surface area contributed by atoms with Crippen LogP contribution < -0.4 is 10.6 Å². The summed E-state index contributed by atoms with van der Waals surface area (Å²) in [5, 5.41) is 5.98. The van der Waals surface area contributed by atoms with Gasteiger partial charge in [-0.2, -0.15) is 0 Å². The predicted octanol–water partition coefficient (Wildman–Crippen LogP) is 7.11. The van der Waals surface area contributed by atoms with Crippen LogP contribution in [0.3, 0.4) is 0 Å². The number of urea groups is 1. The van der Waals surface area contributed by atoms with E-state index in [-0.39, 0.29) is 49.0 Å². The van der Waals surface area contributed by atoms with Crippen LogP contribution in [0.5, 0.6) is 0 Å². The minimum absolute atomic E-state index is 0.0280. The number of carbonyl (C=O) groups excluding carboxylic acids is 5. The molecule has 0 bridgehead atoms. The first-order chi connectivity index (χ1) is 28.3. The molecule has 1 unspecified atom stereocenters. The van der Waals surface area contributed by atoms with Gasteiger partial charge in [0.05, 0.1) is 5.41 Å². The van der Waals surface area contributed by atoms with Crippen molar-refractivity contribution in [1.82, 2.24) is 24.6 Å². The summed E-state index contributed by atoms with van der Waals surface area (Å²) in [5.74, 6) is 0.175. The van der Waals surface area contributed by atoms with Gasteiger partial charge >= 0.3 is 18.2 Å². The van der Waals surface area contributed by atoms with Crippen LogP contribution in [-0.4, -0.2) is 106 Å². The van der Waals surface area contributed by atoms with E-state index in [2.05, 4.69) is 15.6 Å². The van der Waals surface area contributed by atoms with Gasteiger partial charge in [0.25, 0.3) is 0 Å². The molecule has 60 heavy (non-hydrogen) atoms. The van der Waals surface area contributed by atoms with Crippen LogP contribution in [0, 0.1) is 5.41 Å². The van der Waals surface area contributed by atoms with Gasteiger partial charge in [0, 0.05) is 63.8 Å². The number of ether oxygens (including phenoxy) is 2. The van der Waals surface area contributed by atoms with E-state index in [0.717, 1.165) is 53.5 Å². The first kappa shape index (κ1) is 42.5. The number of piperidine rings is 2. The SMILES string of the molecule is CN(Cc1ccccc1CN(CC(=O)Nc1ccc2c(c1)CC1(C2)C(=O)Nc2ncccc21)C(=O)N1CCC2(CCN(C(=O)OC(C)(C)C)CC2)CC1)C(=O)OC(C)(C)C. The molecule has 320 valence electrons. The average Bonchev–Trinajstić information content (AvgIpc) is 3.70. The first-order valence-corrected chi connectivity index (χ1v) is 21.0. The number of carbonyl (C=O) groups is 5. The second kappa shape index (κ2) is 16.4. The number of nitrogens with one attached hydrogen (secondary N) is 2. The highest BCUT2D eigenvalue weighted by Crippen LogP contribution is 2.47. The monoisotopic (exact) mass is 821 g/mol. The molecule has 2 aromatic carbocycles. The van der Waals surface area contributed by atoms with Crippen LogP contribution in [-0.2, 0) is 50.4 Å². The Kier molecular flexibility index (Phi) is 11.6. The van der Waals surface area contributed by atoms with Crippen LogP contribution in [0.25, 0.3) is 0 Å². The lowest BCUT2D eigenvalue weighted by Gasteiger charge is -2.47. The zero-order valence-corrected chi connectivity index (χ0v) is 36.1. The lowest BCUT2D eigenvalue weighted by atomic mass is 9.71. The summed E-state index contributed by atoms with van der Waals surface area (Å²) in [6.07, 6.45) is 5.24. The quantitative estimate of drug-likeness (QED) is 0.256. The zero-order valence-electron chi connectivity index (χ0n) is 36.1. The predicted molar refractivity (Wildman–Crippen MR) is 227 cm³/mol. The molecule has 4 heterocycles. The number of benzene rings is 2. The first-order valence-electron chi connectivity index (χ1n) is 21.0. The molecule has 1 aromatic heterocycles. The summed E-state index contributed by atoms with van der Waals surface area (Å²) in [5.41, 5.74) is 3.23. The lowest BCUT2D eigenvalue weighted by molar-refractivity contribution is -0.120. The molecule has 2 saturated heterocycles. The van der Waals surface area contributed by atoms with Crippen LogP contribution in [0.2, 0.25) is 0 Å². The number of amides is 6. The maximum atomic E-state index is 14.5. The Labute approximate surface area is 352 Å². The van der Waals surface area contributed by atoms with Gasteiger partial charge in [0.1, 0.15) is 23.6 Å². The normalized spacial score (nSPS) is 19.4. The van der Waals surface area contributed by atoms with Crippen molar-refractivity contribution in [2.45, 2.75) is 110 Å². The second-order valence-corrected chi connectivity index (χ2v) is 19.0. The standard InChI is InChI=1S/C46H59N7O7/c1-43(2,3)59-41(57)50(7)28-32-11-8-9-12-33(32)29-53(40(56)51-21-16-45(17-22-51)18-23-52(24-19-45)42(58)60-44(4,5)6)30-37(54)48-35-15-14-31-26-46(27-34(31)25-35)36-13-10-20-47-38(36)49-39(46)55/h8-15,20,25H,16-19,21-24,26-30H2,1-7H3,(H,48,54)(H,47,49,55). The Bertz CT molecular complexity index is 2140. The van der Waals surface area contributed by atoms with Gasteiger partial charge in [0.15, 0.2) is 0 Å². The van der Waals surface area contributed by atoms with E-state index in [1.165, 1.54) is 4.90 Å². The summed E-state index contributed by atoms with van der Waals surface area (Å²) in [6.45, 7) is 13.6. The van der Waals surface area contributed by atoms with Crippen molar-refractivity contribution in [3.8, 4) is 0 Å². The second-order valence-electron chi connectivity index (χ2n) is 19.0. The molecule has 1 aliphatic carbocycles. The molecule has 1 atom stereocenters. The van der Waals surface area contributed by atoms with Crippen molar-refractivity contribution < 1.29 is 33.4 Å². The number of likely N-dealkylation sites (tertiary alicyclic amines) is 2. The van der Waals surface area contributed by atoms with Crippen LogP contribution in [0.15, 0.2) is 60.8 Å². The number of aromatic nitrogens is 1. The summed E-state index contributed by atoms with van der Waals surface area (Å²) < 4.78 is 11.2. The van der Waals surface area contributed by atoms with Crippen LogP contribution >= 0.6 is 0 Å². The Hall–Kier alpha value is -5.66. The highest BCUT2D eigenvalue weighted by Gasteiger charge is 2.51. The summed E-state index contributed by atoms with van der Waals surface area (Å²) >= 11 is 0. The van der Waals surface area contributed by atoms with Gasteiger partial charge in [0.2, 0.25) is 11.8 Å². The van der Waals surface area contributed by atoms with E-state index in [9.17, 15) is 24.0 Å². The lowest BCUT2D eigenvalue weighted by Crippen LogP contribution is -2.53. The van der Waals surface area contributed by atoms with Crippen molar-refractivity contribution >= 4 is 41.5 Å². The maximum absolute atomic E-state index is 14.5. The van der Waals surface area contributed by atoms with Crippen molar-refractivity contribution in [2.75, 3.05) is 50.4 Å².